The van der Waals surface area contributed by atoms with Crippen LogP contribution in [0.25, 0.3) is 0 Å². The van der Waals surface area contributed by atoms with Crippen molar-refractivity contribution in [3.05, 3.63) is 51.4 Å². The Balaban J connectivity index is 1.63. The van der Waals surface area contributed by atoms with Gasteiger partial charge in [-0.1, -0.05) is 5.16 Å². The van der Waals surface area contributed by atoms with E-state index in [1.54, 1.807) is 13.1 Å². The number of nitrogens with zero attached hydrogens (tertiary/aromatic N) is 4. The highest BCUT2D eigenvalue weighted by Gasteiger charge is 2.29. The van der Waals surface area contributed by atoms with E-state index in [0.29, 0.717) is 38.4 Å². The lowest BCUT2D eigenvalue weighted by Gasteiger charge is -2.36. The summed E-state index contributed by atoms with van der Waals surface area (Å²) in [6.07, 6.45) is 1.39. The standard InChI is InChI=1S/C22H33N5O3S/c1-15-16(2)18(4)21(19(5)17(15)3)13-24-22(23-6)26-8-10-27(11-9-26)31(28,29)14-20-7-12-30-25-20/h7,12H,8-11,13-14H2,1-6H3,(H,23,24). The molecule has 3 rings (SSSR count). The SMILES string of the molecule is CN=C(NCc1c(C)c(C)c(C)c(C)c1C)N1CCN(S(=O)(=O)Cc2ccon2)CC1. The van der Waals surface area contributed by atoms with Crippen LogP contribution in [0, 0.1) is 34.6 Å². The smallest absolute Gasteiger partial charge is 0.220 e. The summed E-state index contributed by atoms with van der Waals surface area (Å²) >= 11 is 0. The lowest BCUT2D eigenvalue weighted by molar-refractivity contribution is 0.259. The van der Waals surface area contributed by atoms with Crippen LogP contribution in [0.1, 0.15) is 39.1 Å². The van der Waals surface area contributed by atoms with Crippen molar-refractivity contribution in [3.63, 3.8) is 0 Å². The molecule has 1 N–H and O–H groups in total. The lowest BCUT2D eigenvalue weighted by atomic mass is 9.89. The minimum Gasteiger partial charge on any atom is -0.364 e. The van der Waals surface area contributed by atoms with Crippen molar-refractivity contribution < 1.29 is 12.9 Å². The molecule has 2 aromatic rings. The van der Waals surface area contributed by atoms with Gasteiger partial charge in [0.05, 0.1) is 5.69 Å². The van der Waals surface area contributed by atoms with Gasteiger partial charge in [-0.25, -0.2) is 8.42 Å². The number of aliphatic imine (C=N–C) groups is 1. The third-order valence-electron chi connectivity index (χ3n) is 6.54. The molecule has 0 bridgehead atoms. The van der Waals surface area contributed by atoms with Crippen molar-refractivity contribution in [1.82, 2.24) is 19.7 Å². The van der Waals surface area contributed by atoms with Crippen molar-refractivity contribution >= 4 is 16.0 Å². The number of piperazine rings is 1. The molecule has 1 saturated heterocycles. The maximum absolute atomic E-state index is 12.7. The molecular weight excluding hydrogens is 414 g/mol. The Morgan fingerprint density at radius 3 is 2.13 bits per heavy atom. The van der Waals surface area contributed by atoms with Gasteiger partial charge in [-0.05, 0) is 68.0 Å². The zero-order valence-electron chi connectivity index (χ0n) is 19.3. The van der Waals surface area contributed by atoms with Gasteiger partial charge in [-0.3, -0.25) is 4.99 Å². The van der Waals surface area contributed by atoms with Gasteiger partial charge < -0.3 is 14.7 Å². The second-order valence-corrected chi connectivity index (χ2v) is 10.1. The van der Waals surface area contributed by atoms with Crippen LogP contribution in [0.5, 0.6) is 0 Å². The Labute approximate surface area is 185 Å². The summed E-state index contributed by atoms with van der Waals surface area (Å²) in [4.78, 5) is 6.55. The molecule has 2 heterocycles. The predicted octanol–water partition coefficient (Wildman–Crippen LogP) is 2.44. The first-order valence-corrected chi connectivity index (χ1v) is 12.1. The monoisotopic (exact) mass is 447 g/mol. The molecule has 0 radical (unpaired) electrons. The van der Waals surface area contributed by atoms with Crippen molar-refractivity contribution in [2.75, 3.05) is 33.2 Å². The van der Waals surface area contributed by atoms with Crippen LogP contribution in [0.2, 0.25) is 0 Å². The molecular formula is C22H33N5O3S. The second kappa shape index (κ2) is 9.40. The number of guanidine groups is 1. The molecule has 9 heteroatoms. The van der Waals surface area contributed by atoms with E-state index in [1.165, 1.54) is 43.9 Å². The molecule has 31 heavy (non-hydrogen) atoms. The van der Waals surface area contributed by atoms with E-state index >= 15 is 0 Å². The number of benzene rings is 1. The fraction of sp³-hybridized carbons (Fsp3) is 0.545. The van der Waals surface area contributed by atoms with Gasteiger partial charge in [0, 0.05) is 45.8 Å². The highest BCUT2D eigenvalue weighted by atomic mass is 32.2. The lowest BCUT2D eigenvalue weighted by Crippen LogP contribution is -2.53. The Morgan fingerprint density at radius 1 is 1.03 bits per heavy atom. The zero-order chi connectivity index (χ0) is 22.8. The molecule has 0 saturated carbocycles. The quantitative estimate of drug-likeness (QED) is 0.559. The van der Waals surface area contributed by atoms with Crippen LogP contribution in [0.3, 0.4) is 0 Å². The first-order chi connectivity index (χ1) is 14.7. The number of nitrogens with one attached hydrogen (secondary N) is 1. The van der Waals surface area contributed by atoms with Gasteiger partial charge in [-0.15, -0.1) is 0 Å². The van der Waals surface area contributed by atoms with Gasteiger partial charge in [0.25, 0.3) is 0 Å². The Bertz CT molecular complexity index is 1020. The van der Waals surface area contributed by atoms with Crippen LogP contribution in [-0.2, 0) is 22.3 Å². The minimum absolute atomic E-state index is 0.138. The van der Waals surface area contributed by atoms with Gasteiger partial charge >= 0.3 is 0 Å². The Hall–Kier alpha value is -2.39. The Kier molecular flexibility index (Phi) is 7.06. The summed E-state index contributed by atoms with van der Waals surface area (Å²) in [5.41, 5.74) is 8.37. The largest absolute Gasteiger partial charge is 0.364 e. The molecule has 0 atom stereocenters. The molecule has 1 aliphatic rings. The molecule has 0 amide bonds. The van der Waals surface area contributed by atoms with E-state index in [4.69, 9.17) is 4.52 Å². The second-order valence-electron chi connectivity index (χ2n) is 8.14. The number of hydrogen-bond donors (Lipinski definition) is 1. The maximum Gasteiger partial charge on any atom is 0.220 e. The first-order valence-electron chi connectivity index (χ1n) is 10.5. The van der Waals surface area contributed by atoms with Gasteiger partial charge in [0.1, 0.15) is 12.0 Å². The first kappa shape index (κ1) is 23.3. The van der Waals surface area contributed by atoms with E-state index in [9.17, 15) is 8.42 Å². The minimum atomic E-state index is -3.42. The topological polar surface area (TPSA) is 91.0 Å². The molecule has 0 aliphatic carbocycles. The van der Waals surface area contributed by atoms with Gasteiger partial charge in [-0.2, -0.15) is 4.31 Å². The summed E-state index contributed by atoms with van der Waals surface area (Å²) in [6.45, 7) is 13.6. The Morgan fingerprint density at radius 2 is 1.61 bits per heavy atom. The highest BCUT2D eigenvalue weighted by molar-refractivity contribution is 7.88. The van der Waals surface area contributed by atoms with Crippen LogP contribution in [0.4, 0.5) is 0 Å². The van der Waals surface area contributed by atoms with Crippen LogP contribution >= 0.6 is 0 Å². The van der Waals surface area contributed by atoms with Crippen LogP contribution < -0.4 is 5.32 Å². The van der Waals surface area contributed by atoms with Gasteiger partial charge in [0.2, 0.25) is 10.0 Å². The summed E-state index contributed by atoms with van der Waals surface area (Å²) in [5.74, 6) is 0.657. The normalized spacial score (nSPS) is 16.1. The van der Waals surface area contributed by atoms with E-state index in [-0.39, 0.29) is 5.75 Å². The van der Waals surface area contributed by atoms with Crippen LogP contribution in [0.15, 0.2) is 21.8 Å². The molecule has 1 aliphatic heterocycles. The van der Waals surface area contributed by atoms with Crippen LogP contribution in [-0.4, -0.2) is 62.0 Å². The molecule has 0 spiro atoms. The number of rotatable bonds is 5. The van der Waals surface area contributed by atoms with Crippen molar-refractivity contribution in [2.45, 2.75) is 46.9 Å². The summed E-state index contributed by atoms with van der Waals surface area (Å²) in [6, 6.07) is 1.58. The summed E-state index contributed by atoms with van der Waals surface area (Å²) in [7, 11) is -1.65. The summed E-state index contributed by atoms with van der Waals surface area (Å²) < 4.78 is 31.6. The molecule has 170 valence electrons. The number of sulfonamides is 1. The fourth-order valence-corrected chi connectivity index (χ4v) is 5.54. The third-order valence-corrected chi connectivity index (χ3v) is 8.36. The van der Waals surface area contributed by atoms with E-state index in [1.807, 2.05) is 0 Å². The fourth-order valence-electron chi connectivity index (χ4n) is 4.11. The molecule has 0 unspecified atom stereocenters. The molecule has 8 nitrogen and oxygen atoms in total. The van der Waals surface area contributed by atoms with Gasteiger partial charge in [0.15, 0.2) is 5.96 Å². The van der Waals surface area contributed by atoms with Crippen molar-refractivity contribution in [1.29, 1.82) is 0 Å². The third kappa shape index (κ3) is 4.93. The number of hydrogen-bond acceptors (Lipinski definition) is 5. The average Bonchev–Trinajstić information content (AvgIpc) is 3.26. The van der Waals surface area contributed by atoms with Crippen molar-refractivity contribution in [3.8, 4) is 0 Å². The maximum atomic E-state index is 12.7. The molecule has 1 aromatic carbocycles. The predicted molar refractivity (Wildman–Crippen MR) is 123 cm³/mol. The average molecular weight is 448 g/mol. The molecule has 1 aromatic heterocycles. The number of aromatic nitrogens is 1. The molecule has 1 fully saturated rings. The van der Waals surface area contributed by atoms with E-state index in [0.717, 1.165) is 5.96 Å². The van der Waals surface area contributed by atoms with E-state index < -0.39 is 10.0 Å². The summed E-state index contributed by atoms with van der Waals surface area (Å²) in [5, 5.41) is 7.20. The van der Waals surface area contributed by atoms with Crippen molar-refractivity contribution in [2.24, 2.45) is 4.99 Å². The highest BCUT2D eigenvalue weighted by Crippen LogP contribution is 2.26. The zero-order valence-corrected chi connectivity index (χ0v) is 20.1. The van der Waals surface area contributed by atoms with E-state index in [2.05, 4.69) is 55.0 Å².